The Morgan fingerprint density at radius 1 is 1.42 bits per heavy atom. The molecule has 3 N–H and O–H groups in total. The lowest BCUT2D eigenvalue weighted by Crippen LogP contribution is -2.07. The third-order valence-corrected chi connectivity index (χ3v) is 1.55. The molecule has 0 atom stereocenters. The third-order valence-electron chi connectivity index (χ3n) is 1.55. The van der Waals surface area contributed by atoms with Crippen molar-refractivity contribution in [3.8, 4) is 0 Å². The summed E-state index contributed by atoms with van der Waals surface area (Å²) in [6, 6.07) is 1.50. The highest BCUT2D eigenvalue weighted by atomic mass is 16.1. The molecule has 12 heavy (non-hydrogen) atoms. The van der Waals surface area contributed by atoms with Crippen molar-refractivity contribution in [2.45, 2.75) is 0 Å². The Balaban J connectivity index is 2.98. The Labute approximate surface area is 67.3 Å². The van der Waals surface area contributed by atoms with Gasteiger partial charge in [0.2, 0.25) is 0 Å². The molecule has 0 saturated carbocycles. The van der Waals surface area contributed by atoms with Crippen molar-refractivity contribution in [1.29, 1.82) is 0 Å². The van der Waals surface area contributed by atoms with Gasteiger partial charge in [-0.25, -0.2) is 9.97 Å². The van der Waals surface area contributed by atoms with Crippen molar-refractivity contribution in [1.82, 2.24) is 15.0 Å². The van der Waals surface area contributed by atoms with E-state index in [2.05, 4.69) is 15.0 Å². The molecular weight excluding hydrogens is 156 g/mol. The first kappa shape index (κ1) is 6.78. The molecule has 2 heterocycles. The van der Waals surface area contributed by atoms with Crippen LogP contribution in [0, 0.1) is 0 Å². The summed E-state index contributed by atoms with van der Waals surface area (Å²) in [6.45, 7) is 0. The number of nitrogen functional groups attached to an aromatic ring is 1. The van der Waals surface area contributed by atoms with Crippen molar-refractivity contribution in [2.75, 3.05) is 5.73 Å². The van der Waals surface area contributed by atoms with Gasteiger partial charge in [-0.15, -0.1) is 0 Å². The van der Waals surface area contributed by atoms with Crippen molar-refractivity contribution >= 4 is 16.7 Å². The van der Waals surface area contributed by atoms with E-state index in [-0.39, 0.29) is 5.56 Å². The smallest absolute Gasteiger partial charge is 0.258 e. The normalized spacial score (nSPS) is 10.3. The SMILES string of the molecule is Nc1cc2c(=O)[nH]cnc2cn1. The van der Waals surface area contributed by atoms with E-state index in [0.29, 0.717) is 16.7 Å². The van der Waals surface area contributed by atoms with E-state index in [1.54, 1.807) is 0 Å². The molecule has 0 aliphatic heterocycles. The average molecular weight is 162 g/mol. The summed E-state index contributed by atoms with van der Waals surface area (Å²) in [4.78, 5) is 21.3. The van der Waals surface area contributed by atoms with Crippen LogP contribution < -0.4 is 11.3 Å². The minimum Gasteiger partial charge on any atom is -0.384 e. The number of fused-ring (bicyclic) bond motifs is 1. The van der Waals surface area contributed by atoms with Gasteiger partial charge in [0.15, 0.2) is 0 Å². The molecule has 0 bridgehead atoms. The van der Waals surface area contributed by atoms with Crippen LogP contribution in [0.1, 0.15) is 0 Å². The molecular formula is C7H6N4O. The van der Waals surface area contributed by atoms with Crippen LogP contribution in [0.4, 0.5) is 5.82 Å². The van der Waals surface area contributed by atoms with Crippen LogP contribution in [0.5, 0.6) is 0 Å². The summed E-state index contributed by atoms with van der Waals surface area (Å²) >= 11 is 0. The number of pyridine rings is 1. The summed E-state index contributed by atoms with van der Waals surface area (Å²) in [5, 5.41) is 0.463. The number of anilines is 1. The summed E-state index contributed by atoms with van der Waals surface area (Å²) in [5.74, 6) is 0.320. The highest BCUT2D eigenvalue weighted by molar-refractivity contribution is 5.78. The molecule has 0 fully saturated rings. The molecule has 5 heteroatoms. The van der Waals surface area contributed by atoms with Crippen molar-refractivity contribution in [3.63, 3.8) is 0 Å². The summed E-state index contributed by atoms with van der Waals surface area (Å²) < 4.78 is 0. The highest BCUT2D eigenvalue weighted by Crippen LogP contribution is 2.05. The maximum absolute atomic E-state index is 11.2. The Bertz CT molecular complexity index is 476. The fourth-order valence-corrected chi connectivity index (χ4v) is 0.987. The Kier molecular flexibility index (Phi) is 1.30. The maximum atomic E-state index is 11.2. The van der Waals surface area contributed by atoms with Gasteiger partial charge in [-0.2, -0.15) is 0 Å². The van der Waals surface area contributed by atoms with Gasteiger partial charge >= 0.3 is 0 Å². The second-order valence-electron chi connectivity index (χ2n) is 2.36. The third kappa shape index (κ3) is 0.914. The first-order valence-corrected chi connectivity index (χ1v) is 3.36. The van der Waals surface area contributed by atoms with Crippen LogP contribution in [0.25, 0.3) is 10.9 Å². The number of aromatic amines is 1. The number of hydrogen-bond donors (Lipinski definition) is 2. The van der Waals surface area contributed by atoms with E-state index < -0.39 is 0 Å². The Morgan fingerprint density at radius 2 is 2.25 bits per heavy atom. The Hall–Kier alpha value is -1.91. The first-order valence-electron chi connectivity index (χ1n) is 3.36. The van der Waals surface area contributed by atoms with Gasteiger partial charge in [0.1, 0.15) is 5.82 Å². The van der Waals surface area contributed by atoms with Crippen molar-refractivity contribution in [3.05, 3.63) is 28.9 Å². The van der Waals surface area contributed by atoms with Gasteiger partial charge in [-0.3, -0.25) is 4.79 Å². The summed E-state index contributed by atoms with van der Waals surface area (Å²) in [6.07, 6.45) is 2.81. The van der Waals surface area contributed by atoms with E-state index in [9.17, 15) is 4.79 Å². The number of H-pyrrole nitrogens is 1. The van der Waals surface area contributed by atoms with Crippen LogP contribution in [-0.2, 0) is 0 Å². The van der Waals surface area contributed by atoms with Crippen LogP contribution >= 0.6 is 0 Å². The molecule has 2 aromatic rings. The van der Waals surface area contributed by atoms with Gasteiger partial charge in [0.25, 0.3) is 5.56 Å². The molecule has 2 rings (SSSR count). The molecule has 0 unspecified atom stereocenters. The first-order chi connectivity index (χ1) is 5.77. The fourth-order valence-electron chi connectivity index (χ4n) is 0.987. The topological polar surface area (TPSA) is 84.7 Å². The monoisotopic (exact) mass is 162 g/mol. The lowest BCUT2D eigenvalue weighted by atomic mass is 10.3. The van der Waals surface area contributed by atoms with Crippen LogP contribution in [0.3, 0.4) is 0 Å². The van der Waals surface area contributed by atoms with Gasteiger partial charge in [0, 0.05) is 0 Å². The zero-order chi connectivity index (χ0) is 8.55. The highest BCUT2D eigenvalue weighted by Gasteiger charge is 1.98. The lowest BCUT2D eigenvalue weighted by Gasteiger charge is -1.94. The number of rotatable bonds is 0. The van der Waals surface area contributed by atoms with Crippen molar-refractivity contribution < 1.29 is 0 Å². The zero-order valence-corrected chi connectivity index (χ0v) is 6.11. The van der Waals surface area contributed by atoms with Crippen molar-refractivity contribution in [2.24, 2.45) is 0 Å². The standard InChI is InChI=1S/C7H6N4O/c8-6-1-4-5(2-9-6)10-3-11-7(4)12/h1-3H,(H2,8,9)(H,10,11,12). The largest absolute Gasteiger partial charge is 0.384 e. The molecule has 0 aliphatic rings. The number of nitrogens with two attached hydrogens (primary N) is 1. The number of nitrogens with zero attached hydrogens (tertiary/aromatic N) is 2. The molecule has 0 aliphatic carbocycles. The zero-order valence-electron chi connectivity index (χ0n) is 6.11. The number of hydrogen-bond acceptors (Lipinski definition) is 4. The lowest BCUT2D eigenvalue weighted by molar-refractivity contribution is 1.16. The van der Waals surface area contributed by atoms with Gasteiger partial charge < -0.3 is 10.7 Å². The molecule has 60 valence electrons. The van der Waals surface area contributed by atoms with Gasteiger partial charge in [-0.05, 0) is 6.07 Å². The number of nitrogens with one attached hydrogen (secondary N) is 1. The minimum atomic E-state index is -0.200. The van der Waals surface area contributed by atoms with E-state index >= 15 is 0 Å². The molecule has 0 saturated heterocycles. The average Bonchev–Trinajstić information content (AvgIpc) is 2.07. The van der Waals surface area contributed by atoms with Gasteiger partial charge in [-0.1, -0.05) is 0 Å². The molecule has 0 amide bonds. The van der Waals surface area contributed by atoms with Crippen LogP contribution in [0.15, 0.2) is 23.4 Å². The van der Waals surface area contributed by atoms with E-state index in [1.807, 2.05) is 0 Å². The number of aromatic nitrogens is 3. The summed E-state index contributed by atoms with van der Waals surface area (Å²) in [5.41, 5.74) is 5.75. The van der Waals surface area contributed by atoms with E-state index in [4.69, 9.17) is 5.73 Å². The maximum Gasteiger partial charge on any atom is 0.258 e. The molecule has 0 spiro atoms. The minimum absolute atomic E-state index is 0.200. The predicted molar refractivity (Wildman–Crippen MR) is 44.6 cm³/mol. The molecule has 0 aromatic carbocycles. The second kappa shape index (κ2) is 2.30. The van der Waals surface area contributed by atoms with Crippen LogP contribution in [-0.4, -0.2) is 15.0 Å². The molecule has 2 aromatic heterocycles. The molecule has 0 radical (unpaired) electrons. The summed E-state index contributed by atoms with van der Waals surface area (Å²) in [7, 11) is 0. The fraction of sp³-hybridized carbons (Fsp3) is 0. The van der Waals surface area contributed by atoms with Gasteiger partial charge in [0.05, 0.1) is 23.4 Å². The Morgan fingerprint density at radius 3 is 3.08 bits per heavy atom. The van der Waals surface area contributed by atoms with E-state index in [1.165, 1.54) is 18.6 Å². The second-order valence-corrected chi connectivity index (χ2v) is 2.36. The van der Waals surface area contributed by atoms with Crippen LogP contribution in [0.2, 0.25) is 0 Å². The molecule has 5 nitrogen and oxygen atoms in total. The quantitative estimate of drug-likeness (QED) is 0.566. The predicted octanol–water partition coefficient (Wildman–Crippen LogP) is -0.0997. The van der Waals surface area contributed by atoms with E-state index in [0.717, 1.165) is 0 Å².